The number of aryl methyl sites for hydroxylation is 1. The van der Waals surface area contributed by atoms with Crippen LogP contribution in [0.2, 0.25) is 0 Å². The summed E-state index contributed by atoms with van der Waals surface area (Å²) in [4.78, 5) is 47.6. The summed E-state index contributed by atoms with van der Waals surface area (Å²) in [6.45, 7) is 3.36. The van der Waals surface area contributed by atoms with Crippen LogP contribution in [0.5, 0.6) is 0 Å². The number of carbonyl (C=O) groups is 4. The molecule has 1 heterocycles. The van der Waals surface area contributed by atoms with Crippen LogP contribution < -0.4 is 5.32 Å². The standard InChI is InChI=1S/C19H19NO6S/c1-3-14-9-15(19(24)25-4-2)17(27-14)20-16(22)11-26-18(23)13-7-5-12(10-21)6-8-13/h5-10H,3-4,11H2,1-2H3,(H,20,22). The van der Waals surface area contributed by atoms with Crippen LogP contribution in [0.3, 0.4) is 0 Å². The van der Waals surface area contributed by atoms with Gasteiger partial charge in [-0.3, -0.25) is 9.59 Å². The van der Waals surface area contributed by atoms with Gasteiger partial charge in [-0.1, -0.05) is 19.1 Å². The largest absolute Gasteiger partial charge is 0.462 e. The number of nitrogens with one attached hydrogen (secondary N) is 1. The van der Waals surface area contributed by atoms with Crippen LogP contribution in [-0.4, -0.2) is 37.3 Å². The van der Waals surface area contributed by atoms with E-state index in [1.54, 1.807) is 13.0 Å². The van der Waals surface area contributed by atoms with E-state index in [2.05, 4.69) is 5.32 Å². The average molecular weight is 389 g/mol. The molecule has 142 valence electrons. The summed E-state index contributed by atoms with van der Waals surface area (Å²) in [6.07, 6.45) is 1.37. The molecule has 0 saturated heterocycles. The molecule has 0 aliphatic heterocycles. The summed E-state index contributed by atoms with van der Waals surface area (Å²) in [7, 11) is 0. The fraction of sp³-hybridized carbons (Fsp3) is 0.263. The number of amides is 1. The minimum atomic E-state index is -0.686. The number of anilines is 1. The molecule has 0 spiro atoms. The summed E-state index contributed by atoms with van der Waals surface area (Å²) < 4.78 is 9.95. The van der Waals surface area contributed by atoms with E-state index in [1.807, 2.05) is 6.92 Å². The lowest BCUT2D eigenvalue weighted by atomic mass is 10.1. The lowest BCUT2D eigenvalue weighted by molar-refractivity contribution is -0.119. The number of rotatable bonds is 8. The molecular weight excluding hydrogens is 370 g/mol. The first-order valence-corrected chi connectivity index (χ1v) is 9.12. The molecule has 1 aromatic carbocycles. The van der Waals surface area contributed by atoms with E-state index >= 15 is 0 Å². The van der Waals surface area contributed by atoms with E-state index in [-0.39, 0.29) is 17.7 Å². The van der Waals surface area contributed by atoms with Crippen LogP contribution in [0.4, 0.5) is 5.00 Å². The van der Waals surface area contributed by atoms with E-state index in [0.717, 1.165) is 4.88 Å². The highest BCUT2D eigenvalue weighted by atomic mass is 32.1. The van der Waals surface area contributed by atoms with Crippen molar-refractivity contribution in [2.75, 3.05) is 18.5 Å². The second-order valence-electron chi connectivity index (χ2n) is 5.39. The molecule has 0 bridgehead atoms. The number of carbonyl (C=O) groups excluding carboxylic acids is 4. The van der Waals surface area contributed by atoms with Gasteiger partial charge in [0.05, 0.1) is 17.7 Å². The molecule has 1 amide bonds. The van der Waals surface area contributed by atoms with Crippen molar-refractivity contribution in [3.8, 4) is 0 Å². The minimum Gasteiger partial charge on any atom is -0.462 e. The third-order valence-corrected chi connectivity index (χ3v) is 4.69. The molecule has 7 nitrogen and oxygen atoms in total. The zero-order chi connectivity index (χ0) is 19.8. The third-order valence-electron chi connectivity index (χ3n) is 3.50. The SMILES string of the molecule is CCOC(=O)c1cc(CC)sc1NC(=O)COC(=O)c1ccc(C=O)cc1. The number of esters is 2. The molecule has 0 aliphatic carbocycles. The monoisotopic (exact) mass is 389 g/mol. The maximum Gasteiger partial charge on any atom is 0.341 e. The van der Waals surface area contributed by atoms with Crippen molar-refractivity contribution in [2.45, 2.75) is 20.3 Å². The zero-order valence-electron chi connectivity index (χ0n) is 14.9. The number of aldehydes is 1. The molecule has 0 unspecified atom stereocenters. The van der Waals surface area contributed by atoms with Gasteiger partial charge in [-0.05, 0) is 31.5 Å². The Morgan fingerprint density at radius 2 is 1.78 bits per heavy atom. The normalized spacial score (nSPS) is 10.1. The highest BCUT2D eigenvalue weighted by molar-refractivity contribution is 7.16. The lowest BCUT2D eigenvalue weighted by Crippen LogP contribution is -2.21. The summed E-state index contributed by atoms with van der Waals surface area (Å²) in [5.41, 5.74) is 0.938. The van der Waals surface area contributed by atoms with Gasteiger partial charge < -0.3 is 14.8 Å². The Bertz CT molecular complexity index is 840. The third kappa shape index (κ3) is 5.49. The van der Waals surface area contributed by atoms with Crippen LogP contribution >= 0.6 is 11.3 Å². The van der Waals surface area contributed by atoms with Crippen molar-refractivity contribution in [3.05, 3.63) is 51.9 Å². The Balaban J connectivity index is 1.98. The molecule has 0 saturated carbocycles. The molecule has 2 aromatic rings. The number of ether oxygens (including phenoxy) is 2. The molecule has 27 heavy (non-hydrogen) atoms. The Morgan fingerprint density at radius 3 is 2.37 bits per heavy atom. The molecule has 2 rings (SSSR count). The highest BCUT2D eigenvalue weighted by Crippen LogP contribution is 2.29. The number of hydrogen-bond donors (Lipinski definition) is 1. The molecule has 0 radical (unpaired) electrons. The van der Waals surface area contributed by atoms with E-state index in [0.29, 0.717) is 23.3 Å². The van der Waals surface area contributed by atoms with Gasteiger partial charge in [-0.15, -0.1) is 11.3 Å². The maximum absolute atomic E-state index is 12.1. The molecule has 1 N–H and O–H groups in total. The second-order valence-corrected chi connectivity index (χ2v) is 6.53. The highest BCUT2D eigenvalue weighted by Gasteiger charge is 2.19. The number of thiophene rings is 1. The zero-order valence-corrected chi connectivity index (χ0v) is 15.8. The summed E-state index contributed by atoms with van der Waals surface area (Å²) in [6, 6.07) is 7.52. The van der Waals surface area contributed by atoms with Crippen molar-refractivity contribution in [3.63, 3.8) is 0 Å². The van der Waals surface area contributed by atoms with E-state index < -0.39 is 24.5 Å². The average Bonchev–Trinajstić information content (AvgIpc) is 3.09. The van der Waals surface area contributed by atoms with Crippen LogP contribution in [0.15, 0.2) is 30.3 Å². The number of hydrogen-bond acceptors (Lipinski definition) is 7. The maximum atomic E-state index is 12.1. The van der Waals surface area contributed by atoms with Crippen LogP contribution in [0.1, 0.15) is 49.8 Å². The van der Waals surface area contributed by atoms with Gasteiger partial charge in [0, 0.05) is 10.4 Å². The van der Waals surface area contributed by atoms with Crippen molar-refractivity contribution in [2.24, 2.45) is 0 Å². The van der Waals surface area contributed by atoms with Gasteiger partial charge in [0.2, 0.25) is 0 Å². The van der Waals surface area contributed by atoms with Gasteiger partial charge >= 0.3 is 11.9 Å². The fourth-order valence-electron chi connectivity index (χ4n) is 2.14. The van der Waals surface area contributed by atoms with Crippen molar-refractivity contribution in [1.82, 2.24) is 0 Å². The molecular formula is C19H19NO6S. The lowest BCUT2D eigenvalue weighted by Gasteiger charge is -2.07. The smallest absolute Gasteiger partial charge is 0.341 e. The fourth-order valence-corrected chi connectivity index (χ4v) is 3.14. The van der Waals surface area contributed by atoms with Crippen molar-refractivity contribution in [1.29, 1.82) is 0 Å². The Kier molecular flexibility index (Phi) is 7.25. The van der Waals surface area contributed by atoms with Gasteiger partial charge in [0.25, 0.3) is 5.91 Å². The Hall–Kier alpha value is -3.00. The topological polar surface area (TPSA) is 98.8 Å². The molecule has 8 heteroatoms. The molecule has 1 aromatic heterocycles. The van der Waals surface area contributed by atoms with Gasteiger partial charge in [0.1, 0.15) is 11.3 Å². The van der Waals surface area contributed by atoms with Crippen molar-refractivity contribution >= 4 is 40.5 Å². The first-order chi connectivity index (χ1) is 13.0. The number of benzene rings is 1. The van der Waals surface area contributed by atoms with Crippen LogP contribution in [0.25, 0.3) is 0 Å². The second kappa shape index (κ2) is 9.63. The van der Waals surface area contributed by atoms with Crippen LogP contribution in [-0.2, 0) is 20.7 Å². The Labute approximate surface area is 160 Å². The predicted molar refractivity (Wildman–Crippen MR) is 100 cm³/mol. The summed E-state index contributed by atoms with van der Waals surface area (Å²) in [5.74, 6) is -1.77. The predicted octanol–water partition coefficient (Wildman–Crippen LogP) is 3.10. The Morgan fingerprint density at radius 1 is 1.07 bits per heavy atom. The first kappa shape index (κ1) is 20.3. The van der Waals surface area contributed by atoms with E-state index in [1.165, 1.54) is 35.6 Å². The molecule has 0 fully saturated rings. The van der Waals surface area contributed by atoms with E-state index in [4.69, 9.17) is 9.47 Å². The van der Waals surface area contributed by atoms with Gasteiger partial charge in [-0.25, -0.2) is 9.59 Å². The summed E-state index contributed by atoms with van der Waals surface area (Å²) >= 11 is 1.27. The minimum absolute atomic E-state index is 0.226. The van der Waals surface area contributed by atoms with Gasteiger partial charge in [-0.2, -0.15) is 0 Å². The van der Waals surface area contributed by atoms with Crippen LogP contribution in [0, 0.1) is 0 Å². The van der Waals surface area contributed by atoms with Gasteiger partial charge in [0.15, 0.2) is 6.61 Å². The first-order valence-electron chi connectivity index (χ1n) is 8.30. The molecule has 0 aliphatic rings. The van der Waals surface area contributed by atoms with Crippen molar-refractivity contribution < 1.29 is 28.7 Å². The summed E-state index contributed by atoms with van der Waals surface area (Å²) in [5, 5.41) is 2.95. The molecule has 0 atom stereocenters. The van der Waals surface area contributed by atoms with E-state index in [9.17, 15) is 19.2 Å². The quantitative estimate of drug-likeness (QED) is 0.550.